The topological polar surface area (TPSA) is 88.5 Å². The molecular weight excluding hydrogens is 412 g/mol. The van der Waals surface area contributed by atoms with Gasteiger partial charge in [-0.2, -0.15) is 0 Å². The number of morpholine rings is 1. The molecule has 0 unspecified atom stereocenters. The summed E-state index contributed by atoms with van der Waals surface area (Å²) in [4.78, 5) is 29.0. The summed E-state index contributed by atoms with van der Waals surface area (Å²) >= 11 is 0. The van der Waals surface area contributed by atoms with Gasteiger partial charge in [0.1, 0.15) is 23.4 Å². The van der Waals surface area contributed by atoms with E-state index in [-0.39, 0.29) is 30.3 Å². The SMILES string of the molecule is O=C(COc1ccccc1C(=O)N1CCC(Oc2cccc(O)c2)CC1)N1CCOCC1. The van der Waals surface area contributed by atoms with Crippen LogP contribution in [-0.2, 0) is 9.53 Å². The third-order valence-corrected chi connectivity index (χ3v) is 5.68. The van der Waals surface area contributed by atoms with Crippen LogP contribution < -0.4 is 9.47 Å². The van der Waals surface area contributed by atoms with Crippen LogP contribution >= 0.6 is 0 Å². The number of hydrogen-bond acceptors (Lipinski definition) is 6. The van der Waals surface area contributed by atoms with Gasteiger partial charge in [0.05, 0.1) is 18.8 Å². The van der Waals surface area contributed by atoms with Crippen LogP contribution in [0.4, 0.5) is 0 Å². The number of aromatic hydroxyl groups is 1. The summed E-state index contributed by atoms with van der Waals surface area (Å²) in [6.07, 6.45) is 1.37. The summed E-state index contributed by atoms with van der Waals surface area (Å²) in [6.45, 7) is 3.19. The van der Waals surface area contributed by atoms with E-state index in [0.717, 1.165) is 0 Å². The molecule has 0 bridgehead atoms. The molecule has 2 aromatic rings. The van der Waals surface area contributed by atoms with Crippen LogP contribution in [0, 0.1) is 0 Å². The fourth-order valence-corrected chi connectivity index (χ4v) is 3.91. The molecule has 2 saturated heterocycles. The van der Waals surface area contributed by atoms with Gasteiger partial charge in [-0.15, -0.1) is 0 Å². The molecule has 0 spiro atoms. The number of para-hydroxylation sites is 1. The number of rotatable bonds is 6. The van der Waals surface area contributed by atoms with Crippen LogP contribution in [0.1, 0.15) is 23.2 Å². The van der Waals surface area contributed by atoms with Gasteiger partial charge in [0.25, 0.3) is 11.8 Å². The van der Waals surface area contributed by atoms with E-state index in [9.17, 15) is 14.7 Å². The maximum Gasteiger partial charge on any atom is 0.260 e. The highest BCUT2D eigenvalue weighted by Gasteiger charge is 2.27. The van der Waals surface area contributed by atoms with Crippen molar-refractivity contribution in [2.24, 2.45) is 0 Å². The first-order chi connectivity index (χ1) is 15.6. The van der Waals surface area contributed by atoms with E-state index < -0.39 is 0 Å². The Bertz CT molecular complexity index is 936. The third-order valence-electron chi connectivity index (χ3n) is 5.68. The largest absolute Gasteiger partial charge is 0.508 e. The summed E-state index contributed by atoms with van der Waals surface area (Å²) in [5.41, 5.74) is 0.453. The number of ether oxygens (including phenoxy) is 3. The van der Waals surface area contributed by atoms with Crippen LogP contribution in [0.25, 0.3) is 0 Å². The van der Waals surface area contributed by atoms with Crippen molar-refractivity contribution < 1.29 is 28.9 Å². The normalized spacial score (nSPS) is 17.1. The molecule has 2 aliphatic heterocycles. The van der Waals surface area contributed by atoms with Gasteiger partial charge in [0.2, 0.25) is 0 Å². The molecule has 4 rings (SSSR count). The Morgan fingerprint density at radius 3 is 2.47 bits per heavy atom. The second-order valence-corrected chi connectivity index (χ2v) is 7.88. The number of nitrogens with zero attached hydrogens (tertiary/aromatic N) is 2. The highest BCUT2D eigenvalue weighted by atomic mass is 16.5. The van der Waals surface area contributed by atoms with Crippen molar-refractivity contribution in [3.05, 3.63) is 54.1 Å². The minimum atomic E-state index is -0.116. The number of hydrogen-bond donors (Lipinski definition) is 1. The highest BCUT2D eigenvalue weighted by Crippen LogP contribution is 2.25. The molecular formula is C24H28N2O6. The Morgan fingerprint density at radius 1 is 0.969 bits per heavy atom. The Kier molecular flexibility index (Phi) is 7.11. The number of phenols is 1. The molecule has 32 heavy (non-hydrogen) atoms. The van der Waals surface area contributed by atoms with E-state index in [1.165, 1.54) is 0 Å². The number of carbonyl (C=O) groups is 2. The highest BCUT2D eigenvalue weighted by molar-refractivity contribution is 5.97. The molecule has 2 heterocycles. The molecule has 0 aliphatic carbocycles. The fraction of sp³-hybridized carbons (Fsp3) is 0.417. The van der Waals surface area contributed by atoms with Crippen molar-refractivity contribution in [2.75, 3.05) is 46.0 Å². The van der Waals surface area contributed by atoms with Gasteiger partial charge in [0, 0.05) is 45.1 Å². The summed E-state index contributed by atoms with van der Waals surface area (Å²) in [6, 6.07) is 13.8. The van der Waals surface area contributed by atoms with Gasteiger partial charge >= 0.3 is 0 Å². The summed E-state index contributed by atoms with van der Waals surface area (Å²) in [5, 5.41) is 9.59. The van der Waals surface area contributed by atoms with E-state index >= 15 is 0 Å². The number of piperidine rings is 1. The van der Waals surface area contributed by atoms with Gasteiger partial charge in [-0.1, -0.05) is 18.2 Å². The second-order valence-electron chi connectivity index (χ2n) is 7.88. The minimum Gasteiger partial charge on any atom is -0.508 e. The van der Waals surface area contributed by atoms with Crippen LogP contribution in [0.3, 0.4) is 0 Å². The van der Waals surface area contributed by atoms with E-state index in [1.54, 1.807) is 52.3 Å². The lowest BCUT2D eigenvalue weighted by atomic mass is 10.1. The zero-order valence-corrected chi connectivity index (χ0v) is 17.9. The van der Waals surface area contributed by atoms with Crippen molar-refractivity contribution in [1.29, 1.82) is 0 Å². The molecule has 2 aliphatic rings. The second kappa shape index (κ2) is 10.4. The molecule has 8 nitrogen and oxygen atoms in total. The number of likely N-dealkylation sites (tertiary alicyclic amines) is 1. The molecule has 0 radical (unpaired) electrons. The van der Waals surface area contributed by atoms with Crippen molar-refractivity contribution in [2.45, 2.75) is 18.9 Å². The van der Waals surface area contributed by atoms with Crippen molar-refractivity contribution in [3.8, 4) is 17.2 Å². The lowest BCUT2D eigenvalue weighted by molar-refractivity contribution is -0.137. The van der Waals surface area contributed by atoms with Crippen molar-refractivity contribution >= 4 is 11.8 Å². The van der Waals surface area contributed by atoms with Gasteiger partial charge in [-0.05, 0) is 24.3 Å². The average molecular weight is 440 g/mol. The number of phenolic OH excluding ortho intramolecular Hbond substituents is 1. The summed E-state index contributed by atoms with van der Waals surface area (Å²) in [7, 11) is 0. The van der Waals surface area contributed by atoms with Gasteiger partial charge in [0.15, 0.2) is 6.61 Å². The molecule has 0 saturated carbocycles. The molecule has 1 N–H and O–H groups in total. The fourth-order valence-electron chi connectivity index (χ4n) is 3.91. The van der Waals surface area contributed by atoms with E-state index in [4.69, 9.17) is 14.2 Å². The first-order valence-electron chi connectivity index (χ1n) is 10.9. The number of benzene rings is 2. The molecule has 2 amide bonds. The van der Waals surface area contributed by atoms with Crippen LogP contribution in [0.15, 0.2) is 48.5 Å². The van der Waals surface area contributed by atoms with Crippen LogP contribution in [-0.4, -0.2) is 78.8 Å². The third kappa shape index (κ3) is 5.50. The van der Waals surface area contributed by atoms with Crippen LogP contribution in [0.2, 0.25) is 0 Å². The maximum absolute atomic E-state index is 13.1. The molecule has 0 aromatic heterocycles. The van der Waals surface area contributed by atoms with Crippen molar-refractivity contribution in [1.82, 2.24) is 9.80 Å². The lowest BCUT2D eigenvalue weighted by Crippen LogP contribution is -2.43. The van der Waals surface area contributed by atoms with Crippen molar-refractivity contribution in [3.63, 3.8) is 0 Å². The van der Waals surface area contributed by atoms with Gasteiger partial charge in [-0.25, -0.2) is 0 Å². The Hall–Kier alpha value is -3.26. The van der Waals surface area contributed by atoms with E-state index in [0.29, 0.717) is 69.3 Å². The monoisotopic (exact) mass is 440 g/mol. The first kappa shape index (κ1) is 22.0. The Morgan fingerprint density at radius 2 is 1.72 bits per heavy atom. The minimum absolute atomic E-state index is 0.0153. The number of carbonyl (C=O) groups excluding carboxylic acids is 2. The predicted octanol–water partition coefficient (Wildman–Crippen LogP) is 2.31. The first-order valence-corrected chi connectivity index (χ1v) is 10.9. The zero-order chi connectivity index (χ0) is 22.3. The number of amides is 2. The molecule has 170 valence electrons. The summed E-state index contributed by atoms with van der Waals surface area (Å²) < 4.78 is 17.0. The zero-order valence-electron chi connectivity index (χ0n) is 17.9. The summed E-state index contributed by atoms with van der Waals surface area (Å²) in [5.74, 6) is 0.977. The maximum atomic E-state index is 13.1. The smallest absolute Gasteiger partial charge is 0.260 e. The quantitative estimate of drug-likeness (QED) is 0.742. The lowest BCUT2D eigenvalue weighted by Gasteiger charge is -2.32. The molecule has 2 aromatic carbocycles. The Labute approximate surface area is 187 Å². The molecule has 8 heteroatoms. The standard InChI is InChI=1S/C24H28N2O6/c27-18-4-3-5-20(16-18)32-19-8-10-26(11-9-19)24(29)21-6-1-2-7-22(21)31-17-23(28)25-12-14-30-15-13-25/h1-7,16,19,27H,8-15,17H2. The average Bonchev–Trinajstić information content (AvgIpc) is 2.83. The van der Waals surface area contributed by atoms with Gasteiger partial charge in [-0.3, -0.25) is 9.59 Å². The Balaban J connectivity index is 1.32. The molecule has 0 atom stereocenters. The van der Waals surface area contributed by atoms with Gasteiger partial charge < -0.3 is 29.1 Å². The van der Waals surface area contributed by atoms with Crippen LogP contribution in [0.5, 0.6) is 17.2 Å². The van der Waals surface area contributed by atoms with E-state index in [2.05, 4.69) is 0 Å². The molecule has 2 fully saturated rings. The van der Waals surface area contributed by atoms with E-state index in [1.807, 2.05) is 6.07 Å². The predicted molar refractivity (Wildman–Crippen MR) is 117 cm³/mol.